The summed E-state index contributed by atoms with van der Waals surface area (Å²) in [4.78, 5) is 16.9. The van der Waals surface area contributed by atoms with E-state index in [2.05, 4.69) is 4.90 Å². The Bertz CT molecular complexity index is 971. The zero-order chi connectivity index (χ0) is 21.2. The second-order valence-corrected chi connectivity index (χ2v) is 9.22. The van der Waals surface area contributed by atoms with Gasteiger partial charge in [0.2, 0.25) is 15.9 Å². The molecule has 0 aliphatic carbocycles. The normalized spacial score (nSPS) is 15.9. The van der Waals surface area contributed by atoms with Crippen LogP contribution in [0.25, 0.3) is 0 Å². The minimum atomic E-state index is -3.64. The number of rotatable bonds is 5. The summed E-state index contributed by atoms with van der Waals surface area (Å²) in [7, 11) is -3.64. The van der Waals surface area contributed by atoms with Crippen molar-refractivity contribution in [3.05, 3.63) is 59.9 Å². The van der Waals surface area contributed by atoms with Crippen molar-refractivity contribution in [1.29, 1.82) is 0 Å². The summed E-state index contributed by atoms with van der Waals surface area (Å²) >= 11 is 0. The van der Waals surface area contributed by atoms with Crippen molar-refractivity contribution in [2.24, 2.45) is 0 Å². The fourth-order valence-corrected chi connectivity index (χ4v) is 4.83. The van der Waals surface area contributed by atoms with Gasteiger partial charge in [-0.2, -0.15) is 0 Å². The van der Waals surface area contributed by atoms with Crippen molar-refractivity contribution in [2.45, 2.75) is 19.9 Å². The Morgan fingerprint density at radius 1 is 1.07 bits per heavy atom. The average molecular weight is 420 g/mol. The predicted molar refractivity (Wildman–Crippen MR) is 113 cm³/mol. The minimum absolute atomic E-state index is 0.226. The van der Waals surface area contributed by atoms with Gasteiger partial charge < -0.3 is 9.80 Å². The van der Waals surface area contributed by atoms with Gasteiger partial charge in [-0.05, 0) is 55.8 Å². The molecular weight excluding hydrogens is 393 g/mol. The van der Waals surface area contributed by atoms with Gasteiger partial charge in [0.1, 0.15) is 11.9 Å². The van der Waals surface area contributed by atoms with Crippen LogP contribution in [0.2, 0.25) is 0 Å². The van der Waals surface area contributed by atoms with Crippen LogP contribution in [0.3, 0.4) is 0 Å². The highest BCUT2D eigenvalue weighted by molar-refractivity contribution is 7.92. The molecule has 0 unspecified atom stereocenters. The number of piperazine rings is 1. The molecule has 2 aromatic carbocycles. The number of anilines is 2. The molecule has 2 aromatic rings. The lowest BCUT2D eigenvalue weighted by Gasteiger charge is -2.39. The largest absolute Gasteiger partial charge is 0.368 e. The molecule has 29 heavy (non-hydrogen) atoms. The van der Waals surface area contributed by atoms with Crippen LogP contribution < -0.4 is 9.21 Å². The molecule has 1 aliphatic rings. The lowest BCUT2D eigenvalue weighted by molar-refractivity contribution is -0.132. The van der Waals surface area contributed by atoms with Crippen LogP contribution in [0, 0.1) is 12.7 Å². The molecule has 0 aromatic heterocycles. The Labute approximate surface area is 171 Å². The van der Waals surface area contributed by atoms with Crippen LogP contribution in [0.4, 0.5) is 15.8 Å². The molecule has 1 fully saturated rings. The molecule has 1 aliphatic heterocycles. The number of hydrogen-bond donors (Lipinski definition) is 0. The second-order valence-electron chi connectivity index (χ2n) is 7.36. The van der Waals surface area contributed by atoms with Crippen LogP contribution in [-0.4, -0.2) is 57.7 Å². The predicted octanol–water partition coefficient (Wildman–Crippen LogP) is 2.64. The van der Waals surface area contributed by atoms with E-state index < -0.39 is 16.1 Å². The van der Waals surface area contributed by atoms with Gasteiger partial charge in [0.05, 0.1) is 11.9 Å². The number of benzene rings is 2. The molecule has 0 radical (unpaired) electrons. The molecule has 3 rings (SSSR count). The zero-order valence-electron chi connectivity index (χ0n) is 16.9. The van der Waals surface area contributed by atoms with E-state index in [9.17, 15) is 17.6 Å². The first-order valence-electron chi connectivity index (χ1n) is 9.52. The number of sulfonamides is 1. The smallest absolute Gasteiger partial charge is 0.246 e. The number of carbonyl (C=O) groups is 1. The van der Waals surface area contributed by atoms with Gasteiger partial charge in [-0.25, -0.2) is 12.8 Å². The van der Waals surface area contributed by atoms with E-state index in [1.54, 1.807) is 42.2 Å². The summed E-state index contributed by atoms with van der Waals surface area (Å²) in [5.74, 6) is -0.510. The standard InChI is InChI=1S/C21H26FN3O3S/c1-16-5-4-6-20(15-16)25(29(3,27)28)17(2)21(26)24-13-11-23(12-14-24)19-9-7-18(22)8-10-19/h4-10,15,17H,11-14H2,1-3H3/t17-/m0/s1. The molecule has 0 N–H and O–H groups in total. The third kappa shape index (κ3) is 4.87. The molecule has 1 saturated heterocycles. The van der Waals surface area contributed by atoms with E-state index in [0.717, 1.165) is 17.5 Å². The number of amides is 1. The van der Waals surface area contributed by atoms with Gasteiger partial charge in [0.25, 0.3) is 0 Å². The van der Waals surface area contributed by atoms with E-state index in [-0.39, 0.29) is 11.7 Å². The third-order valence-electron chi connectivity index (χ3n) is 5.11. The monoisotopic (exact) mass is 419 g/mol. The van der Waals surface area contributed by atoms with Gasteiger partial charge in [-0.3, -0.25) is 9.10 Å². The first-order chi connectivity index (χ1) is 13.7. The van der Waals surface area contributed by atoms with Crippen LogP contribution in [0.1, 0.15) is 12.5 Å². The second kappa shape index (κ2) is 8.41. The SMILES string of the molecule is Cc1cccc(N([C@@H](C)C(=O)N2CCN(c3ccc(F)cc3)CC2)S(C)(=O)=O)c1. The van der Waals surface area contributed by atoms with E-state index in [4.69, 9.17) is 0 Å². The molecule has 6 nitrogen and oxygen atoms in total. The van der Waals surface area contributed by atoms with Crippen LogP contribution in [-0.2, 0) is 14.8 Å². The van der Waals surface area contributed by atoms with Crippen LogP contribution in [0.15, 0.2) is 48.5 Å². The van der Waals surface area contributed by atoms with E-state index in [1.807, 2.05) is 13.0 Å². The maximum absolute atomic E-state index is 13.1. The summed E-state index contributed by atoms with van der Waals surface area (Å²) in [5.41, 5.74) is 2.31. The average Bonchev–Trinajstić information content (AvgIpc) is 2.67. The molecular formula is C21H26FN3O3S. The van der Waals surface area contributed by atoms with E-state index >= 15 is 0 Å². The molecule has 0 saturated carbocycles. The lowest BCUT2D eigenvalue weighted by Crippen LogP contribution is -2.55. The van der Waals surface area contributed by atoms with Gasteiger partial charge in [0.15, 0.2) is 0 Å². The first-order valence-corrected chi connectivity index (χ1v) is 11.4. The maximum atomic E-state index is 13.1. The van der Waals surface area contributed by atoms with Gasteiger partial charge >= 0.3 is 0 Å². The molecule has 0 spiro atoms. The van der Waals surface area contributed by atoms with E-state index in [0.29, 0.717) is 31.9 Å². The fraction of sp³-hybridized carbons (Fsp3) is 0.381. The number of hydrogen-bond acceptors (Lipinski definition) is 4. The molecule has 1 atom stereocenters. The number of aryl methyl sites for hydroxylation is 1. The van der Waals surface area contributed by atoms with Crippen LogP contribution in [0.5, 0.6) is 0 Å². The summed E-state index contributed by atoms with van der Waals surface area (Å²) in [5, 5.41) is 0. The Hall–Kier alpha value is -2.61. The van der Waals surface area contributed by atoms with Crippen molar-refractivity contribution >= 4 is 27.3 Å². The molecule has 156 valence electrons. The summed E-state index contributed by atoms with van der Waals surface area (Å²) in [6.07, 6.45) is 1.12. The molecule has 1 amide bonds. The summed E-state index contributed by atoms with van der Waals surface area (Å²) < 4.78 is 39.2. The number of nitrogens with zero attached hydrogens (tertiary/aromatic N) is 3. The van der Waals surface area contributed by atoms with Gasteiger partial charge in [-0.15, -0.1) is 0 Å². The van der Waals surface area contributed by atoms with Crippen molar-refractivity contribution in [1.82, 2.24) is 4.90 Å². The lowest BCUT2D eigenvalue weighted by atomic mass is 10.2. The highest BCUT2D eigenvalue weighted by Crippen LogP contribution is 2.24. The summed E-state index contributed by atoms with van der Waals surface area (Å²) in [6.45, 7) is 5.67. The zero-order valence-corrected chi connectivity index (χ0v) is 17.7. The highest BCUT2D eigenvalue weighted by atomic mass is 32.2. The fourth-order valence-electron chi connectivity index (χ4n) is 3.67. The van der Waals surface area contributed by atoms with Crippen molar-refractivity contribution in [3.8, 4) is 0 Å². The molecule has 0 bridgehead atoms. The minimum Gasteiger partial charge on any atom is -0.368 e. The van der Waals surface area contributed by atoms with Crippen molar-refractivity contribution in [3.63, 3.8) is 0 Å². The first kappa shape index (κ1) is 21.1. The Kier molecular flexibility index (Phi) is 6.12. The van der Waals surface area contributed by atoms with Crippen molar-refractivity contribution < 1.29 is 17.6 Å². The Morgan fingerprint density at radius 2 is 1.69 bits per heavy atom. The van der Waals surface area contributed by atoms with Gasteiger partial charge in [-0.1, -0.05) is 12.1 Å². The Morgan fingerprint density at radius 3 is 2.24 bits per heavy atom. The van der Waals surface area contributed by atoms with Gasteiger partial charge in [0, 0.05) is 31.9 Å². The third-order valence-corrected chi connectivity index (χ3v) is 6.35. The number of halogens is 1. The van der Waals surface area contributed by atoms with Crippen molar-refractivity contribution in [2.75, 3.05) is 41.6 Å². The topological polar surface area (TPSA) is 60.9 Å². The highest BCUT2D eigenvalue weighted by Gasteiger charge is 2.33. The Balaban J connectivity index is 1.72. The van der Waals surface area contributed by atoms with Crippen LogP contribution >= 0.6 is 0 Å². The number of carbonyl (C=O) groups excluding carboxylic acids is 1. The molecule has 8 heteroatoms. The maximum Gasteiger partial charge on any atom is 0.246 e. The van der Waals surface area contributed by atoms with E-state index in [1.165, 1.54) is 16.4 Å². The quantitative estimate of drug-likeness (QED) is 0.748. The molecule has 1 heterocycles. The summed E-state index contributed by atoms with van der Waals surface area (Å²) in [6, 6.07) is 12.6.